The van der Waals surface area contributed by atoms with Gasteiger partial charge in [0.05, 0.1) is 28.6 Å². The van der Waals surface area contributed by atoms with Gasteiger partial charge >= 0.3 is 0 Å². The quantitative estimate of drug-likeness (QED) is 0.829. The van der Waals surface area contributed by atoms with Crippen molar-refractivity contribution in [3.63, 3.8) is 0 Å². The normalized spacial score (nSPS) is 12.4. The average Bonchev–Trinajstić information content (AvgIpc) is 2.85. The van der Waals surface area contributed by atoms with Crippen molar-refractivity contribution in [1.82, 2.24) is 9.61 Å². The third kappa shape index (κ3) is 3.72. The number of hydrogen-bond donors (Lipinski definition) is 1. The highest BCUT2D eigenvalue weighted by atomic mass is 16.5. The maximum absolute atomic E-state index is 12.3. The van der Waals surface area contributed by atoms with E-state index in [0.717, 1.165) is 11.2 Å². The van der Waals surface area contributed by atoms with Crippen molar-refractivity contribution in [2.45, 2.75) is 53.1 Å². The minimum atomic E-state index is -0.911. The number of rotatable bonds is 6. The van der Waals surface area contributed by atoms with Gasteiger partial charge in [-0.25, -0.2) is 4.52 Å². The van der Waals surface area contributed by atoms with Crippen LogP contribution >= 0.6 is 0 Å². The van der Waals surface area contributed by atoms with Crippen molar-refractivity contribution >= 4 is 11.3 Å². The molecule has 0 fully saturated rings. The Hall–Kier alpha value is -1.88. The van der Waals surface area contributed by atoms with Crippen LogP contribution < -0.4 is 4.74 Å². The second kappa shape index (κ2) is 6.32. The van der Waals surface area contributed by atoms with E-state index in [2.05, 4.69) is 18.9 Å². The minimum absolute atomic E-state index is 0.0726. The van der Waals surface area contributed by atoms with Crippen LogP contribution in [-0.4, -0.2) is 32.7 Å². The largest absolute Gasteiger partial charge is 0.489 e. The smallest absolute Gasteiger partial charge is 0.169 e. The number of nitrogens with zero attached hydrogens (tertiary/aromatic N) is 2. The summed E-state index contributed by atoms with van der Waals surface area (Å²) in [5.41, 5.74) is 1.42. The maximum Gasteiger partial charge on any atom is 0.169 e. The molecule has 0 saturated carbocycles. The van der Waals surface area contributed by atoms with E-state index in [0.29, 0.717) is 11.3 Å². The molecule has 2 aromatic heterocycles. The fraction of sp³-hybridized carbons (Fsp3) is 0.556. The monoisotopic (exact) mass is 318 g/mol. The highest BCUT2D eigenvalue weighted by molar-refractivity contribution is 6.03. The van der Waals surface area contributed by atoms with E-state index in [4.69, 9.17) is 4.74 Å². The van der Waals surface area contributed by atoms with E-state index >= 15 is 0 Å². The molecule has 5 heteroatoms. The number of carbonyl (C=O) groups excluding carboxylic acids is 1. The Morgan fingerprint density at radius 2 is 1.96 bits per heavy atom. The van der Waals surface area contributed by atoms with Crippen LogP contribution in [0.2, 0.25) is 0 Å². The highest BCUT2D eigenvalue weighted by Crippen LogP contribution is 2.30. The van der Waals surface area contributed by atoms with Crippen molar-refractivity contribution in [3.05, 3.63) is 29.6 Å². The molecule has 0 amide bonds. The van der Waals surface area contributed by atoms with Gasteiger partial charge in [0.2, 0.25) is 0 Å². The summed E-state index contributed by atoms with van der Waals surface area (Å²) >= 11 is 0. The van der Waals surface area contributed by atoms with Gasteiger partial charge in [0.1, 0.15) is 12.4 Å². The zero-order chi connectivity index (χ0) is 17.4. The molecule has 0 aliphatic carbocycles. The van der Waals surface area contributed by atoms with Gasteiger partial charge < -0.3 is 9.84 Å². The first-order chi connectivity index (χ1) is 10.6. The molecular weight excluding hydrogens is 292 g/mol. The zero-order valence-electron chi connectivity index (χ0n) is 14.8. The first-order valence-corrected chi connectivity index (χ1v) is 8.02. The summed E-state index contributed by atoms with van der Waals surface area (Å²) in [6, 6.07) is 3.71. The summed E-state index contributed by atoms with van der Waals surface area (Å²) < 4.78 is 7.57. The predicted molar refractivity (Wildman–Crippen MR) is 90.2 cm³/mol. The van der Waals surface area contributed by atoms with E-state index in [-0.39, 0.29) is 24.2 Å². The number of aliphatic hydroxyl groups is 1. The topological polar surface area (TPSA) is 63.8 Å². The molecule has 0 spiro atoms. The lowest BCUT2D eigenvalue weighted by Gasteiger charge is -2.21. The Labute approximate surface area is 137 Å². The number of fused-ring (bicyclic) bond motifs is 1. The van der Waals surface area contributed by atoms with E-state index in [9.17, 15) is 9.90 Å². The number of ketones is 1. The number of carbonyl (C=O) groups is 1. The number of ether oxygens (including phenoxy) is 1. The van der Waals surface area contributed by atoms with Crippen LogP contribution in [0.15, 0.2) is 18.3 Å². The van der Waals surface area contributed by atoms with Gasteiger partial charge in [-0.2, -0.15) is 5.10 Å². The van der Waals surface area contributed by atoms with E-state index in [1.165, 1.54) is 0 Å². The van der Waals surface area contributed by atoms with Crippen LogP contribution in [0.5, 0.6) is 5.75 Å². The Morgan fingerprint density at radius 3 is 2.48 bits per heavy atom. The Morgan fingerprint density at radius 1 is 1.30 bits per heavy atom. The van der Waals surface area contributed by atoms with E-state index in [1.807, 2.05) is 26.0 Å². The first-order valence-electron chi connectivity index (χ1n) is 8.02. The summed E-state index contributed by atoms with van der Waals surface area (Å²) in [5, 5.41) is 14.3. The van der Waals surface area contributed by atoms with Gasteiger partial charge in [-0.3, -0.25) is 4.79 Å². The molecule has 0 aliphatic heterocycles. The van der Waals surface area contributed by atoms with Crippen molar-refractivity contribution < 1.29 is 14.6 Å². The summed E-state index contributed by atoms with van der Waals surface area (Å²) in [6.45, 7) is 11.5. The summed E-state index contributed by atoms with van der Waals surface area (Å²) in [6.07, 6.45) is 1.63. The number of aromatic nitrogens is 2. The molecule has 0 aromatic carbocycles. The molecular formula is C18H26N2O3. The van der Waals surface area contributed by atoms with Crippen LogP contribution in [0, 0.1) is 5.92 Å². The molecule has 1 N–H and O–H groups in total. The van der Waals surface area contributed by atoms with Crippen molar-refractivity contribution in [1.29, 1.82) is 0 Å². The SMILES string of the molecule is CC(C)C(=O)c1cnn2c(C(C)C)c(OCC(C)(C)O)ccc12. The van der Waals surface area contributed by atoms with Gasteiger partial charge in [0, 0.05) is 5.92 Å². The molecule has 23 heavy (non-hydrogen) atoms. The van der Waals surface area contributed by atoms with Crippen LogP contribution in [0.4, 0.5) is 0 Å². The average molecular weight is 318 g/mol. The highest BCUT2D eigenvalue weighted by Gasteiger charge is 2.22. The molecule has 126 valence electrons. The van der Waals surface area contributed by atoms with Crippen LogP contribution in [-0.2, 0) is 0 Å². The second-order valence-corrected chi connectivity index (χ2v) is 7.21. The maximum atomic E-state index is 12.3. The van der Waals surface area contributed by atoms with Crippen LogP contribution in [0.3, 0.4) is 0 Å². The Balaban J connectivity index is 2.52. The number of Topliss-reactive ketones (excluding diaryl/α,β-unsaturated/α-hetero) is 1. The molecule has 0 saturated heterocycles. The third-order valence-electron chi connectivity index (χ3n) is 3.60. The molecule has 2 rings (SSSR count). The van der Waals surface area contributed by atoms with Gasteiger partial charge in [-0.15, -0.1) is 0 Å². The molecule has 0 radical (unpaired) electrons. The van der Waals surface area contributed by atoms with Crippen molar-refractivity contribution in [3.8, 4) is 5.75 Å². The Bertz CT molecular complexity index is 709. The molecule has 5 nitrogen and oxygen atoms in total. The van der Waals surface area contributed by atoms with Crippen molar-refractivity contribution in [2.24, 2.45) is 5.92 Å². The summed E-state index contributed by atoms with van der Waals surface area (Å²) in [7, 11) is 0. The second-order valence-electron chi connectivity index (χ2n) is 7.21. The Kier molecular flexibility index (Phi) is 4.80. The molecule has 0 atom stereocenters. The molecule has 0 aliphatic rings. The van der Waals surface area contributed by atoms with Gasteiger partial charge in [0.15, 0.2) is 5.78 Å². The van der Waals surface area contributed by atoms with Crippen LogP contribution in [0.25, 0.3) is 5.52 Å². The van der Waals surface area contributed by atoms with Gasteiger partial charge in [0.25, 0.3) is 0 Å². The zero-order valence-corrected chi connectivity index (χ0v) is 14.8. The third-order valence-corrected chi connectivity index (χ3v) is 3.60. The lowest BCUT2D eigenvalue weighted by atomic mass is 10.0. The predicted octanol–water partition coefficient (Wildman–Crippen LogP) is 3.45. The molecule has 0 unspecified atom stereocenters. The van der Waals surface area contributed by atoms with E-state index < -0.39 is 5.60 Å². The fourth-order valence-corrected chi connectivity index (χ4v) is 2.46. The first kappa shape index (κ1) is 17.5. The summed E-state index contributed by atoms with van der Waals surface area (Å²) in [5.74, 6) is 0.857. The fourth-order valence-electron chi connectivity index (χ4n) is 2.46. The minimum Gasteiger partial charge on any atom is -0.489 e. The summed E-state index contributed by atoms with van der Waals surface area (Å²) in [4.78, 5) is 12.3. The lowest BCUT2D eigenvalue weighted by molar-refractivity contribution is 0.0278. The number of pyridine rings is 1. The molecule has 2 aromatic rings. The van der Waals surface area contributed by atoms with Gasteiger partial charge in [-0.05, 0) is 31.9 Å². The van der Waals surface area contributed by atoms with E-state index in [1.54, 1.807) is 24.6 Å². The van der Waals surface area contributed by atoms with Crippen molar-refractivity contribution in [2.75, 3.05) is 6.61 Å². The lowest BCUT2D eigenvalue weighted by Crippen LogP contribution is -2.28. The standard InChI is InChI=1S/C18H26N2O3/c1-11(2)16-15(23-10-18(5,6)22)8-7-14-13(9-19-20(14)16)17(21)12(3)4/h7-9,11-12,22H,10H2,1-6H3. The van der Waals surface area contributed by atoms with Gasteiger partial charge in [-0.1, -0.05) is 27.7 Å². The molecule has 2 heterocycles. The molecule has 0 bridgehead atoms. The van der Waals surface area contributed by atoms with Crippen LogP contribution in [0.1, 0.15) is 63.5 Å². The number of hydrogen-bond acceptors (Lipinski definition) is 4.